The van der Waals surface area contributed by atoms with Crippen LogP contribution in [0.3, 0.4) is 0 Å². The average Bonchev–Trinajstić information content (AvgIpc) is 3.10. The largest absolute Gasteiger partial charge is 0.396 e. The number of hydrogen-bond acceptors (Lipinski definition) is 6. The van der Waals surface area contributed by atoms with Gasteiger partial charge in [0.25, 0.3) is 0 Å². The molecular weight excluding hydrogens is 318 g/mol. The van der Waals surface area contributed by atoms with Gasteiger partial charge in [0.2, 0.25) is 0 Å². The van der Waals surface area contributed by atoms with Crippen LogP contribution in [0.4, 0.5) is 11.5 Å². The Morgan fingerprint density at radius 2 is 2.20 bits per heavy atom. The lowest BCUT2D eigenvalue weighted by Crippen LogP contribution is -2.52. The molecule has 8 nitrogen and oxygen atoms in total. The molecule has 1 aliphatic rings. The monoisotopic (exact) mass is 341 g/mol. The number of anilines is 2. The zero-order chi connectivity index (χ0) is 17.6. The summed E-state index contributed by atoms with van der Waals surface area (Å²) in [6, 6.07) is 2.02. The van der Waals surface area contributed by atoms with Crippen LogP contribution in [0.5, 0.6) is 0 Å². The molecule has 4 heterocycles. The van der Waals surface area contributed by atoms with Crippen LogP contribution in [-0.2, 0) is 11.3 Å². The first-order chi connectivity index (χ1) is 12.1. The Morgan fingerprint density at radius 1 is 1.40 bits per heavy atom. The van der Waals surface area contributed by atoms with E-state index in [1.807, 2.05) is 12.3 Å². The number of nitrogens with two attached hydrogens (primary N) is 1. The number of aromatic nitrogens is 5. The summed E-state index contributed by atoms with van der Waals surface area (Å²) in [5, 5.41) is 12.9. The Bertz CT molecular complexity index is 892. The second kappa shape index (κ2) is 6.03. The smallest absolute Gasteiger partial charge is 0.160 e. The maximum Gasteiger partial charge on any atom is 0.160 e. The maximum atomic E-state index is 5.97. The van der Waals surface area contributed by atoms with Crippen molar-refractivity contribution in [1.29, 1.82) is 0 Å². The fourth-order valence-electron chi connectivity index (χ4n) is 3.17. The summed E-state index contributed by atoms with van der Waals surface area (Å²) in [5.74, 6) is 1.46. The third-order valence-electron chi connectivity index (χ3n) is 4.55. The number of H-pyrrole nitrogens is 1. The number of aromatic amines is 1. The molecule has 0 radical (unpaired) electrons. The van der Waals surface area contributed by atoms with Gasteiger partial charge in [-0.25, -0.2) is 0 Å². The first-order valence-corrected chi connectivity index (χ1v) is 8.50. The number of hydrogen-bond donors (Lipinski definition) is 2. The molecule has 0 amide bonds. The summed E-state index contributed by atoms with van der Waals surface area (Å²) >= 11 is 0. The molecule has 1 saturated heterocycles. The van der Waals surface area contributed by atoms with Crippen molar-refractivity contribution in [3.8, 4) is 11.4 Å². The first-order valence-electron chi connectivity index (χ1n) is 8.50. The van der Waals surface area contributed by atoms with Crippen LogP contribution in [0.15, 0.2) is 18.5 Å². The number of rotatable bonds is 5. The van der Waals surface area contributed by atoms with E-state index in [1.165, 1.54) is 0 Å². The Morgan fingerprint density at radius 3 is 2.84 bits per heavy atom. The summed E-state index contributed by atoms with van der Waals surface area (Å²) < 4.78 is 7.44. The van der Waals surface area contributed by atoms with Gasteiger partial charge in [-0.2, -0.15) is 10.2 Å². The summed E-state index contributed by atoms with van der Waals surface area (Å²) in [6.07, 6.45) is 3.82. The van der Waals surface area contributed by atoms with Crippen LogP contribution in [0.2, 0.25) is 0 Å². The minimum Gasteiger partial charge on any atom is -0.396 e. The van der Waals surface area contributed by atoms with Gasteiger partial charge in [-0.3, -0.25) is 14.8 Å². The Kier molecular flexibility index (Phi) is 3.84. The fraction of sp³-hybridized carbons (Fsp3) is 0.471. The van der Waals surface area contributed by atoms with Crippen LogP contribution >= 0.6 is 0 Å². The van der Waals surface area contributed by atoms with Gasteiger partial charge in [-0.1, -0.05) is 13.8 Å². The quantitative estimate of drug-likeness (QED) is 0.735. The van der Waals surface area contributed by atoms with Gasteiger partial charge in [-0.15, -0.1) is 0 Å². The Labute approximate surface area is 146 Å². The van der Waals surface area contributed by atoms with Crippen molar-refractivity contribution in [1.82, 2.24) is 25.0 Å². The molecule has 0 spiro atoms. The van der Waals surface area contributed by atoms with E-state index in [1.54, 1.807) is 13.3 Å². The lowest BCUT2D eigenvalue weighted by Gasteiger charge is -2.38. The molecule has 0 aliphatic carbocycles. The molecule has 1 fully saturated rings. The van der Waals surface area contributed by atoms with Gasteiger partial charge < -0.3 is 15.4 Å². The zero-order valence-electron chi connectivity index (χ0n) is 14.7. The van der Waals surface area contributed by atoms with Crippen molar-refractivity contribution in [2.45, 2.75) is 26.5 Å². The minimum atomic E-state index is 0.279. The molecule has 1 aliphatic heterocycles. The lowest BCUT2D eigenvalue weighted by molar-refractivity contribution is 0.0783. The Hall–Kier alpha value is -2.61. The fourth-order valence-corrected chi connectivity index (χ4v) is 3.17. The van der Waals surface area contributed by atoms with Gasteiger partial charge >= 0.3 is 0 Å². The van der Waals surface area contributed by atoms with E-state index in [0.717, 1.165) is 42.0 Å². The van der Waals surface area contributed by atoms with Crippen LogP contribution < -0.4 is 10.6 Å². The number of nitrogen functional groups attached to an aromatic ring is 1. The highest BCUT2D eigenvalue weighted by Gasteiger charge is 2.30. The number of nitrogens with one attached hydrogen (secondary N) is 1. The summed E-state index contributed by atoms with van der Waals surface area (Å²) in [4.78, 5) is 6.80. The van der Waals surface area contributed by atoms with Gasteiger partial charge in [0.15, 0.2) is 5.82 Å². The SMILES string of the molecule is COC1CN(c2nn(CC(C)C)c3cc(-c4n[nH]cc4N)ncc23)C1. The number of pyridine rings is 1. The second-order valence-corrected chi connectivity index (χ2v) is 6.94. The van der Waals surface area contributed by atoms with Crippen molar-refractivity contribution in [3.05, 3.63) is 18.5 Å². The predicted octanol–water partition coefficient (Wildman–Crippen LogP) is 1.89. The normalized spacial score (nSPS) is 15.3. The number of methoxy groups -OCH3 is 1. The second-order valence-electron chi connectivity index (χ2n) is 6.94. The van der Waals surface area contributed by atoms with E-state index < -0.39 is 0 Å². The Balaban J connectivity index is 1.79. The molecule has 0 unspecified atom stereocenters. The molecule has 0 aromatic carbocycles. The maximum absolute atomic E-state index is 5.97. The molecule has 0 atom stereocenters. The van der Waals surface area contributed by atoms with Crippen LogP contribution in [-0.4, -0.2) is 51.3 Å². The highest BCUT2D eigenvalue weighted by Crippen LogP contribution is 2.32. The van der Waals surface area contributed by atoms with Crippen molar-refractivity contribution in [2.75, 3.05) is 30.8 Å². The molecule has 0 saturated carbocycles. The van der Waals surface area contributed by atoms with E-state index in [2.05, 4.69) is 38.6 Å². The minimum absolute atomic E-state index is 0.279. The summed E-state index contributed by atoms with van der Waals surface area (Å²) in [5.41, 5.74) is 9.04. The van der Waals surface area contributed by atoms with Crippen LogP contribution in [0.1, 0.15) is 13.8 Å². The van der Waals surface area contributed by atoms with Crippen molar-refractivity contribution in [3.63, 3.8) is 0 Å². The molecular formula is C17H23N7O. The topological polar surface area (TPSA) is 97.9 Å². The molecule has 8 heteroatoms. The van der Waals surface area contributed by atoms with E-state index in [-0.39, 0.29) is 6.10 Å². The predicted molar refractivity (Wildman–Crippen MR) is 97.4 cm³/mol. The number of nitrogens with zero attached hydrogens (tertiary/aromatic N) is 5. The van der Waals surface area contributed by atoms with Gasteiger partial charge in [0.1, 0.15) is 5.69 Å². The highest BCUT2D eigenvalue weighted by atomic mass is 16.5. The van der Waals surface area contributed by atoms with Gasteiger partial charge in [0.05, 0.1) is 28.4 Å². The zero-order valence-corrected chi connectivity index (χ0v) is 14.7. The number of fused-ring (bicyclic) bond motifs is 1. The average molecular weight is 341 g/mol. The van der Waals surface area contributed by atoms with Gasteiger partial charge in [0, 0.05) is 39.1 Å². The third kappa shape index (κ3) is 2.72. The standard InChI is InChI=1S/C17H23N7O/c1-10(2)7-24-15-4-14(16-13(18)6-20-21-16)19-5-12(15)17(22-24)23-8-11(9-23)25-3/h4-6,10-11H,7-9,18H2,1-3H3,(H,20,21). The van der Waals surface area contributed by atoms with Crippen molar-refractivity contribution in [2.24, 2.45) is 5.92 Å². The van der Waals surface area contributed by atoms with E-state index in [0.29, 0.717) is 17.3 Å². The summed E-state index contributed by atoms with van der Waals surface area (Å²) in [6.45, 7) is 6.94. The first kappa shape index (κ1) is 15.9. The van der Waals surface area contributed by atoms with E-state index in [4.69, 9.17) is 15.6 Å². The van der Waals surface area contributed by atoms with Crippen LogP contribution in [0, 0.1) is 5.92 Å². The summed E-state index contributed by atoms with van der Waals surface area (Å²) in [7, 11) is 1.75. The molecule has 0 bridgehead atoms. The molecule has 3 N–H and O–H groups in total. The molecule has 25 heavy (non-hydrogen) atoms. The third-order valence-corrected chi connectivity index (χ3v) is 4.55. The van der Waals surface area contributed by atoms with Crippen molar-refractivity contribution < 1.29 is 4.74 Å². The lowest BCUT2D eigenvalue weighted by atomic mass is 10.1. The van der Waals surface area contributed by atoms with Gasteiger partial charge in [-0.05, 0) is 12.0 Å². The van der Waals surface area contributed by atoms with Crippen molar-refractivity contribution >= 4 is 22.4 Å². The number of ether oxygens (including phenoxy) is 1. The molecule has 4 rings (SSSR count). The van der Waals surface area contributed by atoms with E-state index in [9.17, 15) is 0 Å². The van der Waals surface area contributed by atoms with E-state index >= 15 is 0 Å². The molecule has 3 aromatic rings. The molecule has 3 aromatic heterocycles. The molecule has 132 valence electrons. The highest BCUT2D eigenvalue weighted by molar-refractivity contribution is 5.92. The van der Waals surface area contributed by atoms with Crippen LogP contribution in [0.25, 0.3) is 22.3 Å².